The molecular formula is C22H29N5O. The molecule has 1 amide bonds. The first-order chi connectivity index (χ1) is 13.7. The molecule has 148 valence electrons. The second-order valence-electron chi connectivity index (χ2n) is 6.88. The normalized spacial score (nSPS) is 14.8. The van der Waals surface area contributed by atoms with Crippen LogP contribution >= 0.6 is 0 Å². The lowest BCUT2D eigenvalue weighted by atomic mass is 10.1. The highest BCUT2D eigenvalue weighted by atomic mass is 16.2. The van der Waals surface area contributed by atoms with Crippen molar-refractivity contribution in [2.24, 2.45) is 10.7 Å². The van der Waals surface area contributed by atoms with Gasteiger partial charge in [-0.15, -0.1) is 0 Å². The maximum atomic E-state index is 12.4. The number of carbonyl (C=O) groups is 1. The molecule has 0 spiro atoms. The second-order valence-corrected chi connectivity index (χ2v) is 6.88. The number of aliphatic imine (C=N–C) groups is 1. The maximum Gasteiger partial charge on any atom is 0.224 e. The zero-order valence-electron chi connectivity index (χ0n) is 16.3. The Kier molecular flexibility index (Phi) is 7.29. The Bertz CT molecular complexity index is 755. The molecule has 1 saturated heterocycles. The van der Waals surface area contributed by atoms with E-state index >= 15 is 0 Å². The van der Waals surface area contributed by atoms with Crippen molar-refractivity contribution in [3.05, 3.63) is 66.2 Å². The SMILES string of the molecule is NC(=NCCC(=O)N1CCN(c2ccccc2)CC1)NCCc1ccccc1. The Morgan fingerprint density at radius 2 is 1.61 bits per heavy atom. The summed E-state index contributed by atoms with van der Waals surface area (Å²) in [5.74, 6) is 0.547. The zero-order chi connectivity index (χ0) is 19.6. The molecule has 1 aliphatic rings. The van der Waals surface area contributed by atoms with Gasteiger partial charge in [0.05, 0.1) is 6.54 Å². The molecule has 0 bridgehead atoms. The van der Waals surface area contributed by atoms with Crippen molar-refractivity contribution >= 4 is 17.6 Å². The number of nitrogens with one attached hydrogen (secondary N) is 1. The number of piperazine rings is 1. The van der Waals surface area contributed by atoms with Gasteiger partial charge in [-0.1, -0.05) is 48.5 Å². The van der Waals surface area contributed by atoms with Crippen molar-refractivity contribution in [2.75, 3.05) is 44.2 Å². The number of nitrogens with zero attached hydrogens (tertiary/aromatic N) is 3. The Labute approximate surface area is 167 Å². The minimum atomic E-state index is 0.147. The van der Waals surface area contributed by atoms with E-state index < -0.39 is 0 Å². The highest BCUT2D eigenvalue weighted by Gasteiger charge is 2.20. The fraction of sp³-hybridized carbons (Fsp3) is 0.364. The number of hydrogen-bond acceptors (Lipinski definition) is 3. The molecule has 0 aromatic heterocycles. The third-order valence-corrected chi connectivity index (χ3v) is 4.92. The number of nitrogens with two attached hydrogens (primary N) is 1. The van der Waals surface area contributed by atoms with Gasteiger partial charge in [0.1, 0.15) is 0 Å². The molecule has 0 aliphatic carbocycles. The Balaban J connectivity index is 1.33. The van der Waals surface area contributed by atoms with E-state index in [0.717, 1.165) is 39.1 Å². The summed E-state index contributed by atoms with van der Waals surface area (Å²) in [5.41, 5.74) is 8.37. The van der Waals surface area contributed by atoms with Crippen LogP contribution < -0.4 is 16.0 Å². The fourth-order valence-electron chi connectivity index (χ4n) is 3.32. The summed E-state index contributed by atoms with van der Waals surface area (Å²) in [5, 5.41) is 3.10. The first-order valence-corrected chi connectivity index (χ1v) is 9.88. The monoisotopic (exact) mass is 379 g/mol. The number of amides is 1. The predicted molar refractivity (Wildman–Crippen MR) is 114 cm³/mol. The van der Waals surface area contributed by atoms with Gasteiger partial charge in [0.2, 0.25) is 5.91 Å². The summed E-state index contributed by atoms with van der Waals surface area (Å²) in [7, 11) is 0. The zero-order valence-corrected chi connectivity index (χ0v) is 16.3. The third-order valence-electron chi connectivity index (χ3n) is 4.92. The minimum absolute atomic E-state index is 0.147. The van der Waals surface area contributed by atoms with Crippen molar-refractivity contribution in [3.63, 3.8) is 0 Å². The van der Waals surface area contributed by atoms with E-state index in [2.05, 4.69) is 39.5 Å². The van der Waals surface area contributed by atoms with Crippen LogP contribution in [0.5, 0.6) is 0 Å². The summed E-state index contributed by atoms with van der Waals surface area (Å²) >= 11 is 0. The van der Waals surface area contributed by atoms with E-state index in [-0.39, 0.29) is 5.91 Å². The summed E-state index contributed by atoms with van der Waals surface area (Å²) in [4.78, 5) is 20.9. The standard InChI is InChI=1S/C22H29N5O/c23-22(24-13-11-19-7-3-1-4-8-19)25-14-12-21(28)27-17-15-26(16-18-27)20-9-5-2-6-10-20/h1-10H,11-18H2,(H3,23,24,25). The molecule has 0 saturated carbocycles. The van der Waals surface area contributed by atoms with Gasteiger partial charge < -0.3 is 20.9 Å². The molecule has 1 heterocycles. The van der Waals surface area contributed by atoms with E-state index in [1.165, 1.54) is 11.3 Å². The smallest absolute Gasteiger partial charge is 0.224 e. The van der Waals surface area contributed by atoms with E-state index in [1.807, 2.05) is 41.3 Å². The van der Waals surface area contributed by atoms with E-state index in [1.54, 1.807) is 0 Å². The number of benzene rings is 2. The van der Waals surface area contributed by atoms with Gasteiger partial charge in [-0.25, -0.2) is 0 Å². The van der Waals surface area contributed by atoms with Crippen molar-refractivity contribution in [3.8, 4) is 0 Å². The van der Waals surface area contributed by atoms with Gasteiger partial charge >= 0.3 is 0 Å². The molecule has 3 rings (SSSR count). The van der Waals surface area contributed by atoms with Crippen LogP contribution in [0.25, 0.3) is 0 Å². The van der Waals surface area contributed by atoms with Gasteiger partial charge in [-0.05, 0) is 24.1 Å². The molecule has 1 fully saturated rings. The lowest BCUT2D eigenvalue weighted by Crippen LogP contribution is -2.49. The number of hydrogen-bond donors (Lipinski definition) is 2. The van der Waals surface area contributed by atoms with Crippen LogP contribution in [0, 0.1) is 0 Å². The van der Waals surface area contributed by atoms with Gasteiger partial charge in [-0.2, -0.15) is 0 Å². The summed E-state index contributed by atoms with van der Waals surface area (Å²) in [6.45, 7) is 4.38. The summed E-state index contributed by atoms with van der Waals surface area (Å²) in [6, 6.07) is 20.6. The van der Waals surface area contributed by atoms with Crippen molar-refractivity contribution in [1.82, 2.24) is 10.2 Å². The predicted octanol–water partition coefficient (Wildman–Crippen LogP) is 1.87. The van der Waals surface area contributed by atoms with Crippen LogP contribution in [-0.4, -0.2) is 56.0 Å². The van der Waals surface area contributed by atoms with Crippen molar-refractivity contribution in [2.45, 2.75) is 12.8 Å². The Morgan fingerprint density at radius 3 is 2.29 bits per heavy atom. The minimum Gasteiger partial charge on any atom is -0.370 e. The Morgan fingerprint density at radius 1 is 0.964 bits per heavy atom. The Hall–Kier alpha value is -3.02. The third kappa shape index (κ3) is 6.01. The average molecular weight is 380 g/mol. The molecule has 6 nitrogen and oxygen atoms in total. The fourth-order valence-corrected chi connectivity index (χ4v) is 3.32. The highest BCUT2D eigenvalue weighted by molar-refractivity contribution is 5.79. The van der Waals surface area contributed by atoms with Gasteiger partial charge in [0, 0.05) is 44.8 Å². The summed E-state index contributed by atoms with van der Waals surface area (Å²) < 4.78 is 0. The molecule has 1 aliphatic heterocycles. The molecular weight excluding hydrogens is 350 g/mol. The molecule has 0 unspecified atom stereocenters. The molecule has 28 heavy (non-hydrogen) atoms. The maximum absolute atomic E-state index is 12.4. The molecule has 0 radical (unpaired) electrons. The topological polar surface area (TPSA) is 74.0 Å². The first kappa shape index (κ1) is 19.7. The second kappa shape index (κ2) is 10.3. The number of anilines is 1. The number of para-hydroxylation sites is 1. The van der Waals surface area contributed by atoms with Crippen molar-refractivity contribution < 1.29 is 4.79 Å². The van der Waals surface area contributed by atoms with Crippen LogP contribution in [0.2, 0.25) is 0 Å². The lowest BCUT2D eigenvalue weighted by molar-refractivity contribution is -0.131. The quantitative estimate of drug-likeness (QED) is 0.569. The van der Waals surface area contributed by atoms with Gasteiger partial charge in [0.25, 0.3) is 0 Å². The van der Waals surface area contributed by atoms with E-state index in [4.69, 9.17) is 5.73 Å². The lowest BCUT2D eigenvalue weighted by Gasteiger charge is -2.36. The highest BCUT2D eigenvalue weighted by Crippen LogP contribution is 2.15. The molecule has 2 aromatic rings. The van der Waals surface area contributed by atoms with E-state index in [9.17, 15) is 4.79 Å². The van der Waals surface area contributed by atoms with Crippen LogP contribution in [0.3, 0.4) is 0 Å². The molecule has 6 heteroatoms. The average Bonchev–Trinajstić information content (AvgIpc) is 2.75. The van der Waals surface area contributed by atoms with Gasteiger partial charge in [-0.3, -0.25) is 9.79 Å². The van der Waals surface area contributed by atoms with Crippen molar-refractivity contribution in [1.29, 1.82) is 0 Å². The summed E-state index contributed by atoms with van der Waals surface area (Å²) in [6.07, 6.45) is 1.29. The molecule has 0 atom stereocenters. The number of rotatable bonds is 7. The molecule has 2 aromatic carbocycles. The van der Waals surface area contributed by atoms with E-state index in [0.29, 0.717) is 18.9 Å². The molecule has 3 N–H and O–H groups in total. The first-order valence-electron chi connectivity index (χ1n) is 9.88. The van der Waals surface area contributed by atoms with Crippen LogP contribution in [-0.2, 0) is 11.2 Å². The van der Waals surface area contributed by atoms with Crippen LogP contribution in [0.15, 0.2) is 65.7 Å². The number of carbonyl (C=O) groups excluding carboxylic acids is 1. The number of guanidine groups is 1. The largest absolute Gasteiger partial charge is 0.370 e. The van der Waals surface area contributed by atoms with Crippen LogP contribution in [0.4, 0.5) is 5.69 Å². The van der Waals surface area contributed by atoms with Crippen LogP contribution in [0.1, 0.15) is 12.0 Å². The van der Waals surface area contributed by atoms with Gasteiger partial charge in [0.15, 0.2) is 5.96 Å².